The summed E-state index contributed by atoms with van der Waals surface area (Å²) in [5.74, 6) is -0.990. The average molecular weight is 335 g/mol. The Morgan fingerprint density at radius 2 is 2.12 bits per heavy atom. The normalized spacial score (nSPS) is 14.3. The number of amides is 2. The Morgan fingerprint density at radius 1 is 1.38 bits per heavy atom. The number of rotatable bonds is 5. The number of hydrogen-bond acceptors (Lipinski definition) is 8. The molecule has 0 unspecified atom stereocenters. The summed E-state index contributed by atoms with van der Waals surface area (Å²) in [4.78, 5) is 35.2. The van der Waals surface area contributed by atoms with Crippen molar-refractivity contribution in [2.24, 2.45) is 5.92 Å². The van der Waals surface area contributed by atoms with Gasteiger partial charge in [-0.05, 0) is 6.07 Å². The van der Waals surface area contributed by atoms with E-state index in [4.69, 9.17) is 8.83 Å². The fraction of sp³-hybridized carbons (Fsp3) is 0.385. The van der Waals surface area contributed by atoms with Crippen LogP contribution in [-0.4, -0.2) is 44.9 Å². The molecule has 0 saturated carbocycles. The maximum absolute atomic E-state index is 12.1. The molecule has 2 aromatic heterocycles. The van der Waals surface area contributed by atoms with Crippen molar-refractivity contribution >= 4 is 17.7 Å². The molecule has 0 aliphatic carbocycles. The largest absolute Gasteiger partial charge is 0.433 e. The first kappa shape index (κ1) is 15.6. The van der Waals surface area contributed by atoms with Crippen molar-refractivity contribution in [3.05, 3.63) is 39.8 Å². The van der Waals surface area contributed by atoms with Gasteiger partial charge in [0.1, 0.15) is 4.92 Å². The topological polar surface area (TPSA) is 145 Å². The number of hydrogen-bond donors (Lipinski definition) is 1. The third kappa shape index (κ3) is 3.09. The molecule has 2 aromatic rings. The molecule has 11 heteroatoms. The van der Waals surface area contributed by atoms with Crippen molar-refractivity contribution < 1.29 is 23.3 Å². The number of likely N-dealkylation sites (tertiary alicyclic amines) is 1. The first-order chi connectivity index (χ1) is 11.4. The maximum Gasteiger partial charge on any atom is 0.433 e. The molecular weight excluding hydrogens is 322 g/mol. The highest BCUT2D eigenvalue weighted by Gasteiger charge is 2.37. The predicted molar refractivity (Wildman–Crippen MR) is 75.6 cm³/mol. The first-order valence-corrected chi connectivity index (χ1v) is 7.04. The van der Waals surface area contributed by atoms with E-state index in [0.717, 1.165) is 6.07 Å². The van der Waals surface area contributed by atoms with E-state index in [1.165, 1.54) is 11.0 Å². The van der Waals surface area contributed by atoms with Crippen molar-refractivity contribution in [2.45, 2.75) is 13.5 Å². The quantitative estimate of drug-likeness (QED) is 0.605. The molecule has 1 N–H and O–H groups in total. The van der Waals surface area contributed by atoms with E-state index in [1.807, 2.05) is 0 Å². The van der Waals surface area contributed by atoms with Crippen LogP contribution in [0, 0.1) is 23.0 Å². The molecule has 0 bridgehead atoms. The number of aryl methyl sites for hydroxylation is 1. The molecule has 24 heavy (non-hydrogen) atoms. The van der Waals surface area contributed by atoms with Gasteiger partial charge in [0, 0.05) is 20.0 Å². The Morgan fingerprint density at radius 3 is 2.71 bits per heavy atom. The Hall–Kier alpha value is -3.24. The highest BCUT2D eigenvalue weighted by Crippen LogP contribution is 2.22. The van der Waals surface area contributed by atoms with Crippen LogP contribution in [0.25, 0.3) is 0 Å². The second-order valence-corrected chi connectivity index (χ2v) is 5.23. The van der Waals surface area contributed by atoms with Crippen LogP contribution in [-0.2, 0) is 11.3 Å². The maximum atomic E-state index is 12.1. The van der Waals surface area contributed by atoms with Gasteiger partial charge in [-0.25, -0.2) is 0 Å². The number of nitrogens with zero attached hydrogens (tertiary/aromatic N) is 4. The molecule has 1 aliphatic heterocycles. The van der Waals surface area contributed by atoms with Gasteiger partial charge < -0.3 is 19.1 Å². The molecule has 0 spiro atoms. The zero-order valence-corrected chi connectivity index (χ0v) is 12.6. The molecule has 2 amide bonds. The number of nitrogens with one attached hydrogen (secondary N) is 1. The summed E-state index contributed by atoms with van der Waals surface area (Å²) < 4.78 is 9.98. The van der Waals surface area contributed by atoms with Crippen molar-refractivity contribution in [2.75, 3.05) is 13.1 Å². The van der Waals surface area contributed by atoms with Gasteiger partial charge in [-0.15, -0.1) is 10.2 Å². The lowest BCUT2D eigenvalue weighted by Crippen LogP contribution is -2.55. The lowest BCUT2D eigenvalue weighted by molar-refractivity contribution is -0.402. The highest BCUT2D eigenvalue weighted by molar-refractivity contribution is 5.94. The lowest BCUT2D eigenvalue weighted by atomic mass is 9.99. The van der Waals surface area contributed by atoms with Gasteiger partial charge in [0.25, 0.3) is 5.91 Å². The minimum atomic E-state index is -0.720. The van der Waals surface area contributed by atoms with E-state index >= 15 is 0 Å². The van der Waals surface area contributed by atoms with Crippen molar-refractivity contribution in [3.63, 3.8) is 0 Å². The van der Waals surface area contributed by atoms with E-state index in [1.54, 1.807) is 6.92 Å². The second-order valence-electron chi connectivity index (χ2n) is 5.23. The average Bonchev–Trinajstić information content (AvgIpc) is 3.12. The summed E-state index contributed by atoms with van der Waals surface area (Å²) in [5.41, 5.74) is 0. The molecule has 126 valence electrons. The smallest absolute Gasteiger partial charge is 0.424 e. The Balaban J connectivity index is 1.48. The van der Waals surface area contributed by atoms with Crippen LogP contribution < -0.4 is 5.32 Å². The zero-order valence-electron chi connectivity index (χ0n) is 12.6. The second kappa shape index (κ2) is 6.10. The fourth-order valence-electron chi connectivity index (χ4n) is 2.22. The molecule has 11 nitrogen and oxygen atoms in total. The van der Waals surface area contributed by atoms with Crippen LogP contribution >= 0.6 is 0 Å². The van der Waals surface area contributed by atoms with Crippen LogP contribution in [0.15, 0.2) is 21.0 Å². The van der Waals surface area contributed by atoms with Crippen molar-refractivity contribution in [3.8, 4) is 0 Å². The third-order valence-corrected chi connectivity index (χ3v) is 3.50. The summed E-state index contributed by atoms with van der Waals surface area (Å²) in [7, 11) is 0. The minimum absolute atomic E-state index is 0.120. The van der Waals surface area contributed by atoms with Crippen LogP contribution in [0.2, 0.25) is 0 Å². The molecule has 1 saturated heterocycles. The molecule has 3 heterocycles. The summed E-state index contributed by atoms with van der Waals surface area (Å²) in [5, 5.41) is 20.6. The standard InChI is InChI=1S/C13H13N5O6/c1-7-15-16-10(23-7)4-14-12(19)8-5-17(6-8)13(20)9-2-3-11(24-9)18(21)22/h2-3,8H,4-6H2,1H3,(H,14,19). The monoisotopic (exact) mass is 335 g/mol. The number of furan rings is 1. The van der Waals surface area contributed by atoms with Gasteiger partial charge >= 0.3 is 5.88 Å². The van der Waals surface area contributed by atoms with E-state index in [2.05, 4.69) is 15.5 Å². The van der Waals surface area contributed by atoms with Gasteiger partial charge in [-0.2, -0.15) is 0 Å². The molecular formula is C13H13N5O6. The van der Waals surface area contributed by atoms with Gasteiger partial charge in [-0.1, -0.05) is 0 Å². The molecule has 3 rings (SSSR count). The first-order valence-electron chi connectivity index (χ1n) is 7.04. The lowest BCUT2D eigenvalue weighted by Gasteiger charge is -2.37. The third-order valence-electron chi connectivity index (χ3n) is 3.50. The number of nitro groups is 1. The summed E-state index contributed by atoms with van der Waals surface area (Å²) in [6, 6.07) is 2.36. The van der Waals surface area contributed by atoms with E-state index in [-0.39, 0.29) is 37.2 Å². The van der Waals surface area contributed by atoms with E-state index in [0.29, 0.717) is 11.8 Å². The highest BCUT2D eigenvalue weighted by atomic mass is 16.6. The van der Waals surface area contributed by atoms with Crippen LogP contribution in [0.3, 0.4) is 0 Å². The van der Waals surface area contributed by atoms with Gasteiger partial charge in [0.05, 0.1) is 18.5 Å². The number of carbonyl (C=O) groups excluding carboxylic acids is 2. The molecule has 0 atom stereocenters. The molecule has 0 radical (unpaired) electrons. The number of aromatic nitrogens is 2. The predicted octanol–water partition coefficient (Wildman–Crippen LogP) is 0.268. The van der Waals surface area contributed by atoms with Gasteiger partial charge in [0.2, 0.25) is 17.7 Å². The fourth-order valence-corrected chi connectivity index (χ4v) is 2.22. The summed E-state index contributed by atoms with van der Waals surface area (Å²) in [6.45, 7) is 2.19. The van der Waals surface area contributed by atoms with Gasteiger partial charge in [-0.3, -0.25) is 19.7 Å². The summed E-state index contributed by atoms with van der Waals surface area (Å²) in [6.07, 6.45) is 0. The SMILES string of the molecule is Cc1nnc(CNC(=O)C2CN(C(=O)c3ccc([N+](=O)[O-])o3)C2)o1. The molecule has 1 fully saturated rings. The van der Waals surface area contributed by atoms with Crippen LogP contribution in [0.4, 0.5) is 5.88 Å². The Kier molecular flexibility index (Phi) is 3.98. The minimum Gasteiger partial charge on any atom is -0.424 e. The molecule has 1 aliphatic rings. The number of carbonyl (C=O) groups is 2. The summed E-state index contributed by atoms with van der Waals surface area (Å²) >= 11 is 0. The van der Waals surface area contributed by atoms with E-state index in [9.17, 15) is 19.7 Å². The van der Waals surface area contributed by atoms with Gasteiger partial charge in [0.15, 0.2) is 5.76 Å². The van der Waals surface area contributed by atoms with Crippen molar-refractivity contribution in [1.29, 1.82) is 0 Å². The zero-order chi connectivity index (χ0) is 17.3. The Bertz CT molecular complexity index is 790. The molecule has 0 aromatic carbocycles. The Labute approximate surface area is 134 Å². The van der Waals surface area contributed by atoms with Crippen molar-refractivity contribution in [1.82, 2.24) is 20.4 Å². The van der Waals surface area contributed by atoms with Crippen LogP contribution in [0.5, 0.6) is 0 Å². The van der Waals surface area contributed by atoms with Crippen LogP contribution in [0.1, 0.15) is 22.3 Å². The van der Waals surface area contributed by atoms with E-state index < -0.39 is 16.7 Å².